The van der Waals surface area contributed by atoms with Crippen LogP contribution in [-0.4, -0.2) is 30.5 Å². The first-order chi connectivity index (χ1) is 7.86. The summed E-state index contributed by atoms with van der Waals surface area (Å²) in [7, 11) is 0. The molecule has 0 N–H and O–H groups in total. The molecule has 1 aromatic carbocycles. The van der Waals surface area contributed by atoms with Crippen molar-refractivity contribution >= 4 is 5.91 Å². The van der Waals surface area contributed by atoms with Crippen LogP contribution in [0.1, 0.15) is 28.8 Å². The molecule has 1 saturated heterocycles. The van der Waals surface area contributed by atoms with Gasteiger partial charge < -0.3 is 9.64 Å². The van der Waals surface area contributed by atoms with Crippen molar-refractivity contribution in [3.05, 3.63) is 29.3 Å². The molecule has 0 bridgehead atoms. The number of benzene rings is 1. The third-order valence-electron chi connectivity index (χ3n) is 3.34. The first kappa shape index (κ1) is 9.70. The predicted molar refractivity (Wildman–Crippen MR) is 60.8 cm³/mol. The molecular formula is C13H15NO2. The Labute approximate surface area is 95.0 Å². The van der Waals surface area contributed by atoms with Gasteiger partial charge in [0.2, 0.25) is 0 Å². The summed E-state index contributed by atoms with van der Waals surface area (Å²) in [5.74, 6) is 0.954. The molecule has 0 unspecified atom stereocenters. The van der Waals surface area contributed by atoms with Gasteiger partial charge in [-0.2, -0.15) is 0 Å². The Balaban J connectivity index is 1.94. The van der Waals surface area contributed by atoms with Crippen LogP contribution in [0.25, 0.3) is 0 Å². The van der Waals surface area contributed by atoms with Crippen LogP contribution >= 0.6 is 0 Å². The Morgan fingerprint density at radius 3 is 2.88 bits per heavy atom. The summed E-state index contributed by atoms with van der Waals surface area (Å²) >= 11 is 0. The summed E-state index contributed by atoms with van der Waals surface area (Å²) in [6, 6.07) is 5.88. The lowest BCUT2D eigenvalue weighted by molar-refractivity contribution is 0.0789. The normalized spacial score (nSPS) is 18.4. The van der Waals surface area contributed by atoms with Crippen LogP contribution in [0.15, 0.2) is 18.2 Å². The molecule has 84 valence electrons. The zero-order chi connectivity index (χ0) is 11.0. The number of rotatable bonds is 1. The Morgan fingerprint density at radius 2 is 2.06 bits per heavy atom. The summed E-state index contributed by atoms with van der Waals surface area (Å²) in [5, 5.41) is 0. The van der Waals surface area contributed by atoms with Crippen LogP contribution < -0.4 is 4.74 Å². The highest BCUT2D eigenvalue weighted by Gasteiger charge is 2.25. The molecule has 0 radical (unpaired) electrons. The second-order valence-electron chi connectivity index (χ2n) is 4.39. The molecule has 3 rings (SSSR count). The zero-order valence-corrected chi connectivity index (χ0v) is 9.24. The minimum absolute atomic E-state index is 0.135. The monoisotopic (exact) mass is 217 g/mol. The van der Waals surface area contributed by atoms with Gasteiger partial charge in [-0.1, -0.05) is 12.1 Å². The number of likely N-dealkylation sites (tertiary alicyclic amines) is 1. The lowest BCUT2D eigenvalue weighted by Gasteiger charge is -2.16. The fraction of sp³-hybridized carbons (Fsp3) is 0.462. The second-order valence-corrected chi connectivity index (χ2v) is 4.39. The van der Waals surface area contributed by atoms with Gasteiger partial charge in [0.25, 0.3) is 5.91 Å². The lowest BCUT2D eigenvalue weighted by Crippen LogP contribution is -2.27. The highest BCUT2D eigenvalue weighted by molar-refractivity contribution is 5.97. The molecule has 0 aliphatic carbocycles. The van der Waals surface area contributed by atoms with Crippen molar-refractivity contribution in [1.29, 1.82) is 0 Å². The Morgan fingerprint density at radius 1 is 1.25 bits per heavy atom. The topological polar surface area (TPSA) is 29.5 Å². The van der Waals surface area contributed by atoms with Crippen LogP contribution in [-0.2, 0) is 6.42 Å². The van der Waals surface area contributed by atoms with E-state index in [0.717, 1.165) is 43.7 Å². The third-order valence-corrected chi connectivity index (χ3v) is 3.34. The standard InChI is InChI=1S/C13H15NO2/c15-13(14-7-1-2-8-14)11-5-3-4-10-6-9-16-12(10)11/h3-5H,1-2,6-9H2. The Kier molecular flexibility index (Phi) is 2.31. The van der Waals surface area contributed by atoms with E-state index in [4.69, 9.17) is 4.74 Å². The number of fused-ring (bicyclic) bond motifs is 1. The van der Waals surface area contributed by atoms with Gasteiger partial charge in [-0.3, -0.25) is 4.79 Å². The van der Waals surface area contributed by atoms with Gasteiger partial charge in [0.15, 0.2) is 0 Å². The Hall–Kier alpha value is -1.51. The van der Waals surface area contributed by atoms with Crippen molar-refractivity contribution in [3.63, 3.8) is 0 Å². The SMILES string of the molecule is O=C(c1cccc2c1OCC2)N1CCCC1. The fourth-order valence-corrected chi connectivity index (χ4v) is 2.47. The van der Waals surface area contributed by atoms with Crippen molar-refractivity contribution in [1.82, 2.24) is 4.90 Å². The molecule has 2 aliphatic rings. The number of hydrogen-bond donors (Lipinski definition) is 0. The van der Waals surface area contributed by atoms with Crippen molar-refractivity contribution in [2.45, 2.75) is 19.3 Å². The maximum Gasteiger partial charge on any atom is 0.257 e. The van der Waals surface area contributed by atoms with Crippen LogP contribution in [0.2, 0.25) is 0 Å². The van der Waals surface area contributed by atoms with E-state index in [9.17, 15) is 4.79 Å². The van der Waals surface area contributed by atoms with Gasteiger partial charge in [0.1, 0.15) is 5.75 Å². The van der Waals surface area contributed by atoms with E-state index >= 15 is 0 Å². The molecule has 0 atom stereocenters. The van der Waals surface area contributed by atoms with Crippen molar-refractivity contribution in [2.75, 3.05) is 19.7 Å². The van der Waals surface area contributed by atoms with E-state index in [-0.39, 0.29) is 5.91 Å². The summed E-state index contributed by atoms with van der Waals surface area (Å²) < 4.78 is 5.56. The highest BCUT2D eigenvalue weighted by Crippen LogP contribution is 2.30. The van der Waals surface area contributed by atoms with Gasteiger partial charge in [-0.05, 0) is 24.5 Å². The van der Waals surface area contributed by atoms with Crippen LogP contribution in [0.5, 0.6) is 5.75 Å². The molecule has 2 aliphatic heterocycles. The molecule has 0 aromatic heterocycles. The summed E-state index contributed by atoms with van der Waals surface area (Å²) in [6.45, 7) is 2.49. The van der Waals surface area contributed by atoms with Crippen LogP contribution in [0.3, 0.4) is 0 Å². The number of para-hydroxylation sites is 1. The number of ether oxygens (including phenoxy) is 1. The molecule has 3 nitrogen and oxygen atoms in total. The molecule has 0 spiro atoms. The summed E-state index contributed by atoms with van der Waals surface area (Å²) in [4.78, 5) is 14.2. The summed E-state index contributed by atoms with van der Waals surface area (Å²) in [6.07, 6.45) is 3.18. The van der Waals surface area contributed by atoms with E-state index in [1.165, 1.54) is 5.56 Å². The number of hydrogen-bond acceptors (Lipinski definition) is 2. The molecule has 2 heterocycles. The Bertz CT molecular complexity index is 422. The second kappa shape index (κ2) is 3.81. The third kappa shape index (κ3) is 1.47. The van der Waals surface area contributed by atoms with Gasteiger partial charge in [-0.25, -0.2) is 0 Å². The van der Waals surface area contributed by atoms with E-state index in [1.54, 1.807) is 0 Å². The zero-order valence-electron chi connectivity index (χ0n) is 9.24. The number of amides is 1. The lowest BCUT2D eigenvalue weighted by atomic mass is 10.1. The quantitative estimate of drug-likeness (QED) is 0.718. The molecule has 0 saturated carbocycles. The van der Waals surface area contributed by atoms with Gasteiger partial charge in [0.05, 0.1) is 12.2 Å². The van der Waals surface area contributed by atoms with E-state index in [0.29, 0.717) is 6.61 Å². The van der Waals surface area contributed by atoms with Crippen molar-refractivity contribution in [3.8, 4) is 5.75 Å². The number of carbonyl (C=O) groups is 1. The molecule has 3 heteroatoms. The molecule has 1 fully saturated rings. The molecule has 1 aromatic rings. The minimum Gasteiger partial charge on any atom is -0.492 e. The van der Waals surface area contributed by atoms with Crippen molar-refractivity contribution in [2.24, 2.45) is 0 Å². The largest absolute Gasteiger partial charge is 0.492 e. The highest BCUT2D eigenvalue weighted by atomic mass is 16.5. The first-order valence-electron chi connectivity index (χ1n) is 5.90. The maximum atomic E-state index is 12.3. The number of carbonyl (C=O) groups excluding carboxylic acids is 1. The first-order valence-corrected chi connectivity index (χ1v) is 5.90. The minimum atomic E-state index is 0.135. The molecule has 1 amide bonds. The van der Waals surface area contributed by atoms with Crippen LogP contribution in [0.4, 0.5) is 0 Å². The van der Waals surface area contributed by atoms with Gasteiger partial charge >= 0.3 is 0 Å². The predicted octanol–water partition coefficient (Wildman–Crippen LogP) is 1.86. The smallest absolute Gasteiger partial charge is 0.257 e. The van der Waals surface area contributed by atoms with Crippen LogP contribution in [0, 0.1) is 0 Å². The molecule has 16 heavy (non-hydrogen) atoms. The van der Waals surface area contributed by atoms with Gasteiger partial charge in [0, 0.05) is 19.5 Å². The average molecular weight is 217 g/mol. The maximum absolute atomic E-state index is 12.3. The summed E-state index contributed by atoms with van der Waals surface area (Å²) in [5.41, 5.74) is 1.92. The fourth-order valence-electron chi connectivity index (χ4n) is 2.47. The van der Waals surface area contributed by atoms with Gasteiger partial charge in [-0.15, -0.1) is 0 Å². The van der Waals surface area contributed by atoms with E-state index in [2.05, 4.69) is 0 Å². The van der Waals surface area contributed by atoms with E-state index in [1.807, 2.05) is 23.1 Å². The van der Waals surface area contributed by atoms with E-state index < -0.39 is 0 Å². The number of nitrogens with zero attached hydrogens (tertiary/aromatic N) is 1. The average Bonchev–Trinajstić information content (AvgIpc) is 2.98. The molecular weight excluding hydrogens is 202 g/mol. The van der Waals surface area contributed by atoms with Crippen molar-refractivity contribution < 1.29 is 9.53 Å².